The molecule has 1 aliphatic heterocycles. The van der Waals surface area contributed by atoms with Crippen LogP contribution in [-0.4, -0.2) is 55.0 Å². The second-order valence-electron chi connectivity index (χ2n) is 8.27. The van der Waals surface area contributed by atoms with Gasteiger partial charge >= 0.3 is 0 Å². The molecule has 3 heterocycles. The van der Waals surface area contributed by atoms with E-state index in [2.05, 4.69) is 19.2 Å². The molecule has 0 spiro atoms. The maximum absolute atomic E-state index is 12.8. The summed E-state index contributed by atoms with van der Waals surface area (Å²) in [5, 5.41) is 3.82. The van der Waals surface area contributed by atoms with Crippen molar-refractivity contribution in [3.63, 3.8) is 0 Å². The van der Waals surface area contributed by atoms with E-state index >= 15 is 0 Å². The number of aromatic nitrogens is 2. The molecule has 182 valence electrons. The Morgan fingerprint density at radius 2 is 1.83 bits per heavy atom. The van der Waals surface area contributed by atoms with Gasteiger partial charge in [0, 0.05) is 78.5 Å². The molecule has 8 nitrogen and oxygen atoms in total. The van der Waals surface area contributed by atoms with Crippen LogP contribution in [0.4, 0.5) is 10.8 Å². The van der Waals surface area contributed by atoms with Crippen LogP contribution in [0.2, 0.25) is 5.02 Å². The summed E-state index contributed by atoms with van der Waals surface area (Å²) in [6.45, 7) is 3.27. The van der Waals surface area contributed by atoms with Crippen molar-refractivity contribution in [1.29, 1.82) is 0 Å². The molecule has 1 amide bonds. The number of sulfonamides is 1. The summed E-state index contributed by atoms with van der Waals surface area (Å²) in [6.07, 6.45) is 3.97. The normalized spacial score (nSPS) is 14.4. The number of carbonyl (C=O) groups excluding carboxylic acids is 1. The van der Waals surface area contributed by atoms with Gasteiger partial charge in [0.1, 0.15) is 0 Å². The van der Waals surface area contributed by atoms with Gasteiger partial charge in [0.15, 0.2) is 5.13 Å². The number of anilines is 2. The van der Waals surface area contributed by atoms with E-state index in [-0.39, 0.29) is 10.8 Å². The van der Waals surface area contributed by atoms with Crippen molar-refractivity contribution in [3.05, 3.63) is 71.3 Å². The van der Waals surface area contributed by atoms with Gasteiger partial charge in [-0.1, -0.05) is 11.6 Å². The molecule has 0 bridgehead atoms. The number of fused-ring (bicyclic) bond motifs is 1. The van der Waals surface area contributed by atoms with Gasteiger partial charge in [0.25, 0.3) is 10.0 Å². The number of thiazole rings is 1. The van der Waals surface area contributed by atoms with Gasteiger partial charge in [-0.3, -0.25) is 9.52 Å². The molecular weight excluding hydrogens is 506 g/mol. The quantitative estimate of drug-likeness (QED) is 0.386. The van der Waals surface area contributed by atoms with Crippen molar-refractivity contribution >= 4 is 60.6 Å². The minimum Gasteiger partial charge on any atom is -0.368 e. The highest BCUT2D eigenvalue weighted by molar-refractivity contribution is 7.93. The minimum atomic E-state index is -3.67. The summed E-state index contributed by atoms with van der Waals surface area (Å²) in [5.74, 6) is 0.134. The van der Waals surface area contributed by atoms with Crippen molar-refractivity contribution in [1.82, 2.24) is 14.5 Å². The predicted molar refractivity (Wildman–Crippen MR) is 140 cm³/mol. The summed E-state index contributed by atoms with van der Waals surface area (Å²) in [6, 6.07) is 14.6. The number of amides is 1. The average Bonchev–Trinajstić information content (AvgIpc) is 3.52. The van der Waals surface area contributed by atoms with Crippen molar-refractivity contribution < 1.29 is 13.2 Å². The number of aryl methyl sites for hydroxylation is 1. The average molecular weight is 530 g/mol. The fourth-order valence-corrected chi connectivity index (χ4v) is 6.21. The Bertz CT molecular complexity index is 1430. The number of hydrogen-bond acceptors (Lipinski definition) is 6. The van der Waals surface area contributed by atoms with Gasteiger partial charge in [-0.15, -0.1) is 11.3 Å². The molecule has 11 heteroatoms. The third-order valence-electron chi connectivity index (χ3n) is 6.10. The molecule has 2 aromatic heterocycles. The van der Waals surface area contributed by atoms with Crippen LogP contribution >= 0.6 is 22.9 Å². The first-order valence-corrected chi connectivity index (χ1v) is 13.9. The first-order chi connectivity index (χ1) is 16.9. The van der Waals surface area contributed by atoms with Gasteiger partial charge in [0.05, 0.1) is 4.90 Å². The number of piperazine rings is 1. The smallest absolute Gasteiger partial charge is 0.263 e. The molecule has 2 aromatic carbocycles. The zero-order valence-electron chi connectivity index (χ0n) is 18.8. The molecule has 0 atom stereocenters. The Kier molecular flexibility index (Phi) is 6.68. The van der Waals surface area contributed by atoms with Crippen LogP contribution in [0.5, 0.6) is 0 Å². The van der Waals surface area contributed by atoms with Gasteiger partial charge in [0.2, 0.25) is 5.91 Å². The lowest BCUT2D eigenvalue weighted by atomic mass is 10.2. The lowest BCUT2D eigenvalue weighted by Gasteiger charge is -2.36. The fourth-order valence-electron chi connectivity index (χ4n) is 4.24. The molecule has 0 radical (unpaired) electrons. The van der Waals surface area contributed by atoms with Crippen LogP contribution < -0.4 is 9.62 Å². The van der Waals surface area contributed by atoms with Crippen LogP contribution in [0.3, 0.4) is 0 Å². The third kappa shape index (κ3) is 5.29. The second-order valence-corrected chi connectivity index (χ2v) is 11.3. The van der Waals surface area contributed by atoms with Crippen molar-refractivity contribution in [3.8, 4) is 0 Å². The van der Waals surface area contributed by atoms with E-state index in [4.69, 9.17) is 11.6 Å². The van der Waals surface area contributed by atoms with E-state index in [1.165, 1.54) is 11.3 Å². The monoisotopic (exact) mass is 529 g/mol. The molecule has 1 N–H and O–H groups in total. The molecule has 1 fully saturated rings. The first-order valence-electron chi connectivity index (χ1n) is 11.2. The van der Waals surface area contributed by atoms with E-state index in [0.29, 0.717) is 49.3 Å². The topological polar surface area (TPSA) is 87.5 Å². The third-order valence-corrected chi connectivity index (χ3v) is 8.51. The molecule has 0 unspecified atom stereocenters. The maximum Gasteiger partial charge on any atom is 0.263 e. The fraction of sp³-hybridized carbons (Fsp3) is 0.250. The van der Waals surface area contributed by atoms with Gasteiger partial charge < -0.3 is 14.4 Å². The van der Waals surface area contributed by atoms with Crippen LogP contribution in [0.15, 0.2) is 71.2 Å². The van der Waals surface area contributed by atoms with Crippen LogP contribution in [0, 0.1) is 0 Å². The Morgan fingerprint density at radius 1 is 1.06 bits per heavy atom. The lowest BCUT2D eigenvalue weighted by molar-refractivity contribution is -0.131. The zero-order valence-corrected chi connectivity index (χ0v) is 21.2. The second kappa shape index (κ2) is 9.88. The van der Waals surface area contributed by atoms with Gasteiger partial charge in [-0.05, 0) is 48.5 Å². The number of benzene rings is 2. The molecule has 1 saturated heterocycles. The Labute approximate surface area is 212 Å². The SMILES string of the molecule is O=C(CCn1ccc2cc(Cl)ccc21)N1CCN(c2ccc(S(=O)(=O)Nc3nccs3)cc2)CC1. The summed E-state index contributed by atoms with van der Waals surface area (Å²) < 4.78 is 29.6. The number of hydrogen-bond donors (Lipinski definition) is 1. The Balaban J connectivity index is 1.14. The highest BCUT2D eigenvalue weighted by atomic mass is 35.5. The van der Waals surface area contributed by atoms with Crippen molar-refractivity contribution in [2.24, 2.45) is 0 Å². The molecule has 4 aromatic rings. The number of halogens is 1. The van der Waals surface area contributed by atoms with Gasteiger partial charge in [-0.25, -0.2) is 13.4 Å². The predicted octanol–water partition coefficient (Wildman–Crippen LogP) is 4.29. The highest BCUT2D eigenvalue weighted by Gasteiger charge is 2.22. The Morgan fingerprint density at radius 3 is 2.54 bits per heavy atom. The van der Waals surface area contributed by atoms with Crippen LogP contribution in [0.25, 0.3) is 10.9 Å². The van der Waals surface area contributed by atoms with E-state index < -0.39 is 10.0 Å². The molecular formula is C24H24ClN5O3S2. The molecule has 1 aliphatic rings. The largest absolute Gasteiger partial charge is 0.368 e. The Hall–Kier alpha value is -3.08. The van der Waals surface area contributed by atoms with Crippen molar-refractivity contribution in [2.75, 3.05) is 35.8 Å². The summed E-state index contributed by atoms with van der Waals surface area (Å²) in [7, 11) is -3.67. The number of nitrogens with one attached hydrogen (secondary N) is 1. The molecule has 0 saturated carbocycles. The number of rotatable bonds is 7. The maximum atomic E-state index is 12.8. The first kappa shape index (κ1) is 23.7. The number of nitrogens with zero attached hydrogens (tertiary/aromatic N) is 4. The van der Waals surface area contributed by atoms with Crippen LogP contribution in [0.1, 0.15) is 6.42 Å². The summed E-state index contributed by atoms with van der Waals surface area (Å²) in [4.78, 5) is 21.0. The molecule has 0 aliphatic carbocycles. The van der Waals surface area contributed by atoms with Gasteiger partial charge in [-0.2, -0.15) is 0 Å². The van der Waals surface area contributed by atoms with Crippen molar-refractivity contribution in [2.45, 2.75) is 17.9 Å². The van der Waals surface area contributed by atoms with E-state index in [1.807, 2.05) is 35.4 Å². The summed E-state index contributed by atoms with van der Waals surface area (Å²) in [5.41, 5.74) is 2.00. The highest BCUT2D eigenvalue weighted by Crippen LogP contribution is 2.23. The molecule has 5 rings (SSSR count). The molecule has 35 heavy (non-hydrogen) atoms. The lowest BCUT2D eigenvalue weighted by Crippen LogP contribution is -2.49. The minimum absolute atomic E-state index is 0.134. The number of carbonyl (C=O) groups is 1. The summed E-state index contributed by atoms with van der Waals surface area (Å²) >= 11 is 7.29. The van der Waals surface area contributed by atoms with E-state index in [1.54, 1.807) is 35.8 Å². The zero-order chi connectivity index (χ0) is 24.4. The van der Waals surface area contributed by atoms with E-state index in [0.717, 1.165) is 16.6 Å². The standard InChI is InChI=1S/C24H24ClN5O3S2/c25-19-1-6-22-18(17-19)7-10-29(22)11-8-23(31)30-14-12-28(13-15-30)20-2-4-21(5-3-20)35(32,33)27-24-26-9-16-34-24/h1-7,9-10,16-17H,8,11-15H2,(H,26,27). The van der Waals surface area contributed by atoms with E-state index in [9.17, 15) is 13.2 Å². The van der Waals surface area contributed by atoms with Crippen LogP contribution in [-0.2, 0) is 21.4 Å².